The van der Waals surface area contributed by atoms with Crippen molar-refractivity contribution < 1.29 is 9.84 Å². The Morgan fingerprint density at radius 2 is 1.95 bits per heavy atom. The highest BCUT2D eigenvalue weighted by atomic mass is 16.5. The van der Waals surface area contributed by atoms with Gasteiger partial charge in [-0.15, -0.1) is 0 Å². The van der Waals surface area contributed by atoms with Crippen molar-refractivity contribution >= 4 is 0 Å². The van der Waals surface area contributed by atoms with Crippen LogP contribution in [0.3, 0.4) is 0 Å². The van der Waals surface area contributed by atoms with E-state index >= 15 is 0 Å². The monoisotopic (exact) mass is 291 g/mol. The lowest BCUT2D eigenvalue weighted by molar-refractivity contribution is 0.130. The van der Waals surface area contributed by atoms with Crippen molar-refractivity contribution in [2.75, 3.05) is 7.11 Å². The maximum Gasteiger partial charge on any atom is 0.123 e. The zero-order valence-corrected chi connectivity index (χ0v) is 13.8. The number of rotatable bonds is 4. The van der Waals surface area contributed by atoms with Gasteiger partial charge in [-0.25, -0.2) is 0 Å². The van der Waals surface area contributed by atoms with Crippen LogP contribution in [0.25, 0.3) is 0 Å². The second kappa shape index (κ2) is 6.69. The lowest BCUT2D eigenvalue weighted by atomic mass is 9.69. The molecule has 0 heterocycles. The summed E-state index contributed by atoms with van der Waals surface area (Å²) in [6.07, 6.45) is 5.18. The molecule has 0 aromatic heterocycles. The molecule has 2 atom stereocenters. The van der Waals surface area contributed by atoms with E-state index < -0.39 is 0 Å². The van der Waals surface area contributed by atoms with E-state index in [1.54, 1.807) is 13.2 Å². The van der Waals surface area contributed by atoms with Crippen molar-refractivity contribution in [2.45, 2.75) is 59.0 Å². The second-order valence-corrected chi connectivity index (χ2v) is 7.24. The van der Waals surface area contributed by atoms with Crippen molar-refractivity contribution in [1.82, 2.24) is 5.32 Å². The first-order chi connectivity index (χ1) is 9.91. The van der Waals surface area contributed by atoms with Gasteiger partial charge in [-0.05, 0) is 30.2 Å². The number of nitrogens with one attached hydrogen (secondary N) is 1. The number of ether oxygens (including phenoxy) is 1. The molecule has 118 valence electrons. The van der Waals surface area contributed by atoms with E-state index in [9.17, 15) is 5.11 Å². The van der Waals surface area contributed by atoms with E-state index in [4.69, 9.17) is 4.74 Å². The van der Waals surface area contributed by atoms with Crippen LogP contribution in [0.4, 0.5) is 0 Å². The van der Waals surface area contributed by atoms with Gasteiger partial charge in [-0.3, -0.25) is 0 Å². The van der Waals surface area contributed by atoms with Crippen LogP contribution in [-0.2, 0) is 6.54 Å². The Kier molecular flexibility index (Phi) is 5.15. The number of methoxy groups -OCH3 is 1. The smallest absolute Gasteiger partial charge is 0.123 e. The molecule has 0 aliphatic heterocycles. The second-order valence-electron chi connectivity index (χ2n) is 7.24. The zero-order chi connectivity index (χ0) is 15.5. The van der Waals surface area contributed by atoms with Crippen molar-refractivity contribution in [3.63, 3.8) is 0 Å². The van der Waals surface area contributed by atoms with Gasteiger partial charge >= 0.3 is 0 Å². The lowest BCUT2D eigenvalue weighted by Crippen LogP contribution is -2.43. The highest BCUT2D eigenvalue weighted by Gasteiger charge is 2.33. The molecule has 0 spiro atoms. The normalized spacial score (nSPS) is 23.0. The molecule has 2 rings (SSSR count). The highest BCUT2D eigenvalue weighted by molar-refractivity contribution is 5.39. The van der Waals surface area contributed by atoms with Crippen LogP contribution in [-0.4, -0.2) is 18.3 Å². The highest BCUT2D eigenvalue weighted by Crippen LogP contribution is 2.38. The average molecular weight is 291 g/mol. The molecule has 0 radical (unpaired) electrons. The summed E-state index contributed by atoms with van der Waals surface area (Å²) in [6, 6.07) is 6.06. The summed E-state index contributed by atoms with van der Waals surface area (Å²) in [6.45, 7) is 7.72. The summed E-state index contributed by atoms with van der Waals surface area (Å²) in [5, 5.41) is 13.7. The molecular weight excluding hydrogens is 262 g/mol. The van der Waals surface area contributed by atoms with Crippen LogP contribution in [0.15, 0.2) is 18.2 Å². The third kappa shape index (κ3) is 4.13. The minimum Gasteiger partial charge on any atom is -0.507 e. The molecule has 0 bridgehead atoms. The predicted octanol–water partition coefficient (Wildman–Crippen LogP) is 4.10. The summed E-state index contributed by atoms with van der Waals surface area (Å²) in [4.78, 5) is 0. The van der Waals surface area contributed by atoms with Crippen LogP contribution in [0.5, 0.6) is 11.5 Å². The number of phenolic OH excluding ortho intramolecular Hbond substituents is 1. The third-order valence-corrected chi connectivity index (χ3v) is 4.73. The molecule has 2 N–H and O–H groups in total. The minimum absolute atomic E-state index is 0.310. The maximum atomic E-state index is 10.1. The van der Waals surface area contributed by atoms with Crippen LogP contribution < -0.4 is 10.1 Å². The van der Waals surface area contributed by atoms with Gasteiger partial charge < -0.3 is 15.2 Å². The van der Waals surface area contributed by atoms with E-state index in [2.05, 4.69) is 26.1 Å². The average Bonchev–Trinajstić information content (AvgIpc) is 2.45. The van der Waals surface area contributed by atoms with Crippen molar-refractivity contribution in [3.05, 3.63) is 23.8 Å². The number of phenols is 1. The van der Waals surface area contributed by atoms with E-state index in [-0.39, 0.29) is 0 Å². The van der Waals surface area contributed by atoms with E-state index in [1.165, 1.54) is 25.7 Å². The standard InChI is InChI=1S/C18H29NO2/c1-18(2,3)15-7-5-6-8-16(15)19-12-13-9-10-14(21-4)11-17(13)20/h9-11,15-16,19-20H,5-8,12H2,1-4H3. The summed E-state index contributed by atoms with van der Waals surface area (Å²) < 4.78 is 5.13. The van der Waals surface area contributed by atoms with Gasteiger partial charge in [-0.2, -0.15) is 0 Å². The summed E-state index contributed by atoms with van der Waals surface area (Å²) in [5.41, 5.74) is 1.27. The van der Waals surface area contributed by atoms with Crippen molar-refractivity contribution in [2.24, 2.45) is 11.3 Å². The van der Waals surface area contributed by atoms with Gasteiger partial charge in [0.25, 0.3) is 0 Å². The van der Waals surface area contributed by atoms with Crippen LogP contribution in [0.2, 0.25) is 0 Å². The Labute approximate surface area is 128 Å². The largest absolute Gasteiger partial charge is 0.507 e. The molecule has 0 saturated heterocycles. The Morgan fingerprint density at radius 3 is 2.57 bits per heavy atom. The fraction of sp³-hybridized carbons (Fsp3) is 0.667. The number of hydrogen-bond donors (Lipinski definition) is 2. The Hall–Kier alpha value is -1.22. The Morgan fingerprint density at radius 1 is 1.24 bits per heavy atom. The van der Waals surface area contributed by atoms with Gasteiger partial charge in [0.05, 0.1) is 7.11 Å². The Bertz CT molecular complexity index is 465. The fourth-order valence-corrected chi connectivity index (χ4v) is 3.47. The summed E-state index contributed by atoms with van der Waals surface area (Å²) in [7, 11) is 1.61. The molecule has 0 amide bonds. The third-order valence-electron chi connectivity index (χ3n) is 4.73. The molecule has 3 nitrogen and oxygen atoms in total. The molecule has 1 aromatic carbocycles. The quantitative estimate of drug-likeness (QED) is 0.877. The van der Waals surface area contributed by atoms with E-state index in [0.717, 1.165) is 5.56 Å². The SMILES string of the molecule is COc1ccc(CNC2CCCCC2C(C)(C)C)c(O)c1. The molecule has 3 heteroatoms. The fourth-order valence-electron chi connectivity index (χ4n) is 3.47. The zero-order valence-electron chi connectivity index (χ0n) is 13.8. The molecule has 1 aliphatic rings. The molecule has 2 unspecified atom stereocenters. The van der Waals surface area contributed by atoms with Crippen molar-refractivity contribution in [3.8, 4) is 11.5 Å². The molecule has 1 saturated carbocycles. The minimum atomic E-state index is 0.310. The molecular formula is C18H29NO2. The van der Waals surface area contributed by atoms with Gasteiger partial charge in [0.2, 0.25) is 0 Å². The molecule has 1 fully saturated rings. The summed E-state index contributed by atoms with van der Waals surface area (Å²) in [5.74, 6) is 1.71. The number of benzene rings is 1. The van der Waals surface area contributed by atoms with E-state index in [0.29, 0.717) is 35.4 Å². The van der Waals surface area contributed by atoms with E-state index in [1.807, 2.05) is 12.1 Å². The first-order valence-corrected chi connectivity index (χ1v) is 8.01. The molecule has 1 aliphatic carbocycles. The first-order valence-electron chi connectivity index (χ1n) is 8.01. The lowest BCUT2D eigenvalue weighted by Gasteiger charge is -2.41. The van der Waals surface area contributed by atoms with Crippen LogP contribution in [0, 0.1) is 11.3 Å². The summed E-state index contributed by atoms with van der Waals surface area (Å²) >= 11 is 0. The van der Waals surface area contributed by atoms with Gasteiger partial charge in [0, 0.05) is 24.2 Å². The maximum absolute atomic E-state index is 10.1. The number of hydrogen-bond acceptors (Lipinski definition) is 3. The molecule has 1 aromatic rings. The van der Waals surface area contributed by atoms with Crippen LogP contribution >= 0.6 is 0 Å². The van der Waals surface area contributed by atoms with Gasteiger partial charge in [-0.1, -0.05) is 39.7 Å². The Balaban J connectivity index is 2.01. The van der Waals surface area contributed by atoms with Crippen molar-refractivity contribution in [1.29, 1.82) is 0 Å². The predicted molar refractivity (Wildman–Crippen MR) is 86.7 cm³/mol. The number of aromatic hydroxyl groups is 1. The topological polar surface area (TPSA) is 41.5 Å². The van der Waals surface area contributed by atoms with Crippen LogP contribution in [0.1, 0.15) is 52.0 Å². The van der Waals surface area contributed by atoms with Gasteiger partial charge in [0.15, 0.2) is 0 Å². The van der Waals surface area contributed by atoms with Gasteiger partial charge in [0.1, 0.15) is 11.5 Å². The first kappa shape index (κ1) is 16.2. The molecule has 21 heavy (non-hydrogen) atoms.